The normalized spacial score (nSPS) is 15.9. The van der Waals surface area contributed by atoms with E-state index in [0.29, 0.717) is 17.2 Å². The van der Waals surface area contributed by atoms with Gasteiger partial charge in [0.15, 0.2) is 0 Å². The number of carbonyl (C=O) groups excluding carboxylic acids is 2. The third-order valence-corrected chi connectivity index (χ3v) is 3.71. The zero-order chi connectivity index (χ0) is 14.5. The highest BCUT2D eigenvalue weighted by atomic mass is 16.2. The van der Waals surface area contributed by atoms with Crippen molar-refractivity contribution < 1.29 is 9.59 Å². The predicted octanol–water partition coefficient (Wildman–Crippen LogP) is 1.26. The minimum Gasteiger partial charge on any atom is -0.399 e. The average Bonchev–Trinajstić information content (AvgIpc) is 2.46. The van der Waals surface area contributed by atoms with Gasteiger partial charge in [0.1, 0.15) is 0 Å². The van der Waals surface area contributed by atoms with Crippen LogP contribution in [0.3, 0.4) is 0 Å². The Kier molecular flexibility index (Phi) is 4.61. The number of nitrogens with one attached hydrogen (secondary N) is 1. The molecule has 0 spiro atoms. The van der Waals surface area contributed by atoms with Gasteiger partial charge in [-0.1, -0.05) is 6.92 Å². The lowest BCUT2D eigenvalue weighted by Crippen LogP contribution is -2.43. The number of rotatable bonds is 3. The minimum atomic E-state index is -0.247. The van der Waals surface area contributed by atoms with Crippen molar-refractivity contribution in [1.29, 1.82) is 0 Å². The molecule has 108 valence electrons. The van der Waals surface area contributed by atoms with Crippen LogP contribution in [-0.4, -0.2) is 36.3 Å². The summed E-state index contributed by atoms with van der Waals surface area (Å²) in [5, 5.41) is 2.66. The van der Waals surface area contributed by atoms with Crippen LogP contribution < -0.4 is 11.1 Å². The van der Waals surface area contributed by atoms with E-state index in [-0.39, 0.29) is 18.4 Å². The van der Waals surface area contributed by atoms with E-state index in [0.717, 1.165) is 25.9 Å². The third-order valence-electron chi connectivity index (χ3n) is 3.71. The Morgan fingerprint density at radius 1 is 1.25 bits per heavy atom. The van der Waals surface area contributed by atoms with Gasteiger partial charge in [-0.25, -0.2) is 0 Å². The van der Waals surface area contributed by atoms with Gasteiger partial charge in [-0.05, 0) is 43.0 Å². The summed E-state index contributed by atoms with van der Waals surface area (Å²) in [6.07, 6.45) is 2.08. The van der Waals surface area contributed by atoms with Crippen molar-refractivity contribution in [2.75, 3.05) is 25.4 Å². The van der Waals surface area contributed by atoms with Crippen LogP contribution in [-0.2, 0) is 4.79 Å². The Morgan fingerprint density at radius 3 is 2.45 bits per heavy atom. The first-order valence-electron chi connectivity index (χ1n) is 6.98. The second kappa shape index (κ2) is 6.41. The van der Waals surface area contributed by atoms with E-state index in [1.54, 1.807) is 24.3 Å². The first-order valence-corrected chi connectivity index (χ1v) is 6.98. The molecule has 0 unspecified atom stereocenters. The summed E-state index contributed by atoms with van der Waals surface area (Å²) in [6.45, 7) is 3.83. The predicted molar refractivity (Wildman–Crippen MR) is 78.2 cm³/mol. The van der Waals surface area contributed by atoms with Crippen molar-refractivity contribution in [1.82, 2.24) is 10.2 Å². The molecule has 1 heterocycles. The maximum Gasteiger partial charge on any atom is 0.251 e. The van der Waals surface area contributed by atoms with Crippen LogP contribution in [0.4, 0.5) is 5.69 Å². The number of nitrogens with zero attached hydrogens (tertiary/aromatic N) is 1. The van der Waals surface area contributed by atoms with Crippen LogP contribution in [0.15, 0.2) is 24.3 Å². The van der Waals surface area contributed by atoms with E-state index >= 15 is 0 Å². The number of hydrogen-bond acceptors (Lipinski definition) is 3. The van der Waals surface area contributed by atoms with Gasteiger partial charge in [0.2, 0.25) is 5.91 Å². The molecule has 1 aromatic carbocycles. The van der Waals surface area contributed by atoms with Crippen LogP contribution in [0.2, 0.25) is 0 Å². The van der Waals surface area contributed by atoms with E-state index in [2.05, 4.69) is 12.2 Å². The number of piperidine rings is 1. The molecule has 0 atom stereocenters. The maximum absolute atomic E-state index is 12.0. The summed E-state index contributed by atoms with van der Waals surface area (Å²) < 4.78 is 0. The summed E-state index contributed by atoms with van der Waals surface area (Å²) in [7, 11) is 0. The van der Waals surface area contributed by atoms with Gasteiger partial charge in [-0.3, -0.25) is 9.59 Å². The molecular weight excluding hydrogens is 254 g/mol. The molecule has 1 saturated heterocycles. The number of benzene rings is 1. The van der Waals surface area contributed by atoms with Gasteiger partial charge in [0.25, 0.3) is 5.91 Å². The number of nitrogen functional groups attached to an aromatic ring is 1. The van der Waals surface area contributed by atoms with Crippen molar-refractivity contribution in [2.24, 2.45) is 5.92 Å². The molecule has 2 rings (SSSR count). The van der Waals surface area contributed by atoms with E-state index < -0.39 is 0 Å². The van der Waals surface area contributed by atoms with Gasteiger partial charge in [-0.2, -0.15) is 0 Å². The van der Waals surface area contributed by atoms with Crippen molar-refractivity contribution in [3.05, 3.63) is 29.8 Å². The largest absolute Gasteiger partial charge is 0.399 e. The molecule has 1 aliphatic heterocycles. The topological polar surface area (TPSA) is 75.4 Å². The number of carbonyl (C=O) groups is 2. The summed E-state index contributed by atoms with van der Waals surface area (Å²) in [4.78, 5) is 25.7. The standard InChI is InChI=1S/C15H21N3O2/c1-11-6-8-18(9-7-11)14(19)10-17-15(20)12-2-4-13(16)5-3-12/h2-5,11H,6-10,16H2,1H3,(H,17,20). The third kappa shape index (κ3) is 3.73. The second-order valence-electron chi connectivity index (χ2n) is 5.37. The van der Waals surface area contributed by atoms with Crippen LogP contribution in [0, 0.1) is 5.92 Å². The van der Waals surface area contributed by atoms with E-state index in [4.69, 9.17) is 5.73 Å². The number of nitrogens with two attached hydrogens (primary N) is 1. The summed E-state index contributed by atoms with van der Waals surface area (Å²) in [6, 6.07) is 6.64. The molecule has 1 aromatic rings. The highest BCUT2D eigenvalue weighted by molar-refractivity contribution is 5.96. The molecule has 0 radical (unpaired) electrons. The Balaban J connectivity index is 1.81. The molecule has 5 nitrogen and oxygen atoms in total. The number of likely N-dealkylation sites (tertiary alicyclic amines) is 1. The monoisotopic (exact) mass is 275 g/mol. The maximum atomic E-state index is 12.0. The highest BCUT2D eigenvalue weighted by Gasteiger charge is 2.20. The molecule has 0 saturated carbocycles. The fourth-order valence-electron chi connectivity index (χ4n) is 2.26. The van der Waals surface area contributed by atoms with Crippen LogP contribution in [0.25, 0.3) is 0 Å². The molecule has 20 heavy (non-hydrogen) atoms. The molecule has 2 amide bonds. The number of amides is 2. The van der Waals surface area contributed by atoms with E-state index in [1.807, 2.05) is 4.90 Å². The fraction of sp³-hybridized carbons (Fsp3) is 0.467. The zero-order valence-electron chi connectivity index (χ0n) is 11.8. The molecule has 1 fully saturated rings. The summed E-state index contributed by atoms with van der Waals surface area (Å²) in [5.74, 6) is 0.424. The SMILES string of the molecule is CC1CCN(C(=O)CNC(=O)c2ccc(N)cc2)CC1. The smallest absolute Gasteiger partial charge is 0.251 e. The number of hydrogen-bond donors (Lipinski definition) is 2. The molecule has 5 heteroatoms. The molecule has 0 bridgehead atoms. The van der Waals surface area contributed by atoms with Gasteiger partial charge < -0.3 is 16.0 Å². The van der Waals surface area contributed by atoms with Crippen LogP contribution >= 0.6 is 0 Å². The highest BCUT2D eigenvalue weighted by Crippen LogP contribution is 2.15. The van der Waals surface area contributed by atoms with Crippen molar-refractivity contribution in [2.45, 2.75) is 19.8 Å². The van der Waals surface area contributed by atoms with Crippen LogP contribution in [0.5, 0.6) is 0 Å². The van der Waals surface area contributed by atoms with E-state index in [1.165, 1.54) is 0 Å². The Bertz CT molecular complexity index is 476. The Labute approximate surface area is 119 Å². The van der Waals surface area contributed by atoms with Crippen molar-refractivity contribution in [3.63, 3.8) is 0 Å². The lowest BCUT2D eigenvalue weighted by Gasteiger charge is -2.30. The summed E-state index contributed by atoms with van der Waals surface area (Å²) >= 11 is 0. The first kappa shape index (κ1) is 14.4. The van der Waals surface area contributed by atoms with Gasteiger partial charge in [-0.15, -0.1) is 0 Å². The molecular formula is C15H21N3O2. The lowest BCUT2D eigenvalue weighted by atomic mass is 9.99. The van der Waals surface area contributed by atoms with Gasteiger partial charge >= 0.3 is 0 Å². The minimum absolute atomic E-state index is 0.0132. The Morgan fingerprint density at radius 2 is 1.85 bits per heavy atom. The summed E-state index contributed by atoms with van der Waals surface area (Å²) in [5.41, 5.74) is 6.69. The fourth-order valence-corrected chi connectivity index (χ4v) is 2.26. The quantitative estimate of drug-likeness (QED) is 0.815. The van der Waals surface area contributed by atoms with E-state index in [9.17, 15) is 9.59 Å². The Hall–Kier alpha value is -2.04. The second-order valence-corrected chi connectivity index (χ2v) is 5.37. The zero-order valence-corrected chi connectivity index (χ0v) is 11.8. The van der Waals surface area contributed by atoms with Crippen molar-refractivity contribution in [3.8, 4) is 0 Å². The number of anilines is 1. The molecule has 1 aliphatic rings. The molecule has 3 N–H and O–H groups in total. The van der Waals surface area contributed by atoms with Gasteiger partial charge in [0, 0.05) is 24.3 Å². The molecule has 0 aliphatic carbocycles. The van der Waals surface area contributed by atoms with Crippen molar-refractivity contribution >= 4 is 17.5 Å². The van der Waals surface area contributed by atoms with Crippen LogP contribution in [0.1, 0.15) is 30.1 Å². The average molecular weight is 275 g/mol. The first-order chi connectivity index (χ1) is 9.56. The lowest BCUT2D eigenvalue weighted by molar-refractivity contribution is -0.131. The van der Waals surface area contributed by atoms with Gasteiger partial charge in [0.05, 0.1) is 6.54 Å². The molecule has 0 aromatic heterocycles.